The van der Waals surface area contributed by atoms with Crippen LogP contribution in [0.2, 0.25) is 0 Å². The van der Waals surface area contributed by atoms with Crippen LogP contribution >= 0.6 is 11.3 Å². The number of aryl methyl sites for hydroxylation is 1. The monoisotopic (exact) mass is 387 g/mol. The summed E-state index contributed by atoms with van der Waals surface area (Å²) in [5, 5.41) is 1.93. The Kier molecular flexibility index (Phi) is 5.58. The molecule has 0 spiro atoms. The predicted molar refractivity (Wildman–Crippen MR) is 110 cm³/mol. The normalized spacial score (nSPS) is 16.0. The maximum atomic E-state index is 12.9. The second-order valence-corrected chi connectivity index (χ2v) is 9.21. The highest BCUT2D eigenvalue weighted by Crippen LogP contribution is 2.25. The van der Waals surface area contributed by atoms with Crippen molar-refractivity contribution in [3.8, 4) is 0 Å². The number of carbonyl (C=O) groups is 2. The summed E-state index contributed by atoms with van der Waals surface area (Å²) in [4.78, 5) is 30.2. The predicted octanol–water partition coefficient (Wildman–Crippen LogP) is 3.56. The van der Waals surface area contributed by atoms with Gasteiger partial charge in [-0.15, -0.1) is 11.3 Å². The minimum Gasteiger partial charge on any atom is -0.343 e. The molecule has 3 rings (SSSR count). The highest BCUT2D eigenvalue weighted by atomic mass is 32.1. The van der Waals surface area contributed by atoms with Crippen LogP contribution in [-0.2, 0) is 5.54 Å². The maximum absolute atomic E-state index is 12.9. The van der Waals surface area contributed by atoms with Gasteiger partial charge < -0.3 is 9.47 Å². The summed E-state index contributed by atoms with van der Waals surface area (Å²) in [7, 11) is 0. The molecular weight excluding hydrogens is 358 g/mol. The minimum absolute atomic E-state index is 0.0412. The Balaban J connectivity index is 1.61. The van der Waals surface area contributed by atoms with Crippen molar-refractivity contribution in [2.45, 2.75) is 40.2 Å². The first-order valence-corrected chi connectivity index (χ1v) is 10.3. The number of piperazine rings is 1. The van der Waals surface area contributed by atoms with Crippen molar-refractivity contribution in [1.29, 1.82) is 0 Å². The number of Topliss-reactive ketones (excluding diaryl/α,β-unsaturated/α-hetero) is 1. The zero-order valence-corrected chi connectivity index (χ0v) is 17.7. The van der Waals surface area contributed by atoms with Gasteiger partial charge in [0.05, 0.1) is 11.4 Å². The molecule has 146 valence electrons. The van der Waals surface area contributed by atoms with E-state index in [1.54, 1.807) is 0 Å². The number of aromatic nitrogens is 1. The number of hydrogen-bond acceptors (Lipinski definition) is 4. The van der Waals surface area contributed by atoms with Gasteiger partial charge in [-0.25, -0.2) is 0 Å². The van der Waals surface area contributed by atoms with Crippen LogP contribution in [0.15, 0.2) is 23.6 Å². The number of rotatable bonds is 4. The van der Waals surface area contributed by atoms with Gasteiger partial charge in [-0.2, -0.15) is 0 Å². The lowest BCUT2D eigenvalue weighted by molar-refractivity contribution is 0.0628. The fraction of sp³-hybridized carbons (Fsp3) is 0.524. The molecule has 0 saturated carbocycles. The largest absolute Gasteiger partial charge is 0.343 e. The molecule has 0 atom stereocenters. The molecule has 6 heteroatoms. The van der Waals surface area contributed by atoms with E-state index in [-0.39, 0.29) is 17.2 Å². The van der Waals surface area contributed by atoms with E-state index in [9.17, 15) is 9.59 Å². The van der Waals surface area contributed by atoms with E-state index >= 15 is 0 Å². The third kappa shape index (κ3) is 4.17. The van der Waals surface area contributed by atoms with Crippen LogP contribution < -0.4 is 0 Å². The smallest absolute Gasteiger partial charge is 0.264 e. The number of carbonyl (C=O) groups excluding carboxylic acids is 2. The van der Waals surface area contributed by atoms with Crippen LogP contribution in [0.25, 0.3) is 0 Å². The van der Waals surface area contributed by atoms with Gasteiger partial charge in [0.2, 0.25) is 0 Å². The Morgan fingerprint density at radius 1 is 1.11 bits per heavy atom. The van der Waals surface area contributed by atoms with Crippen LogP contribution in [0, 0.1) is 13.8 Å². The number of ketones is 1. The quantitative estimate of drug-likeness (QED) is 0.754. The Morgan fingerprint density at radius 2 is 1.78 bits per heavy atom. The maximum Gasteiger partial charge on any atom is 0.264 e. The zero-order valence-electron chi connectivity index (χ0n) is 16.9. The van der Waals surface area contributed by atoms with Crippen molar-refractivity contribution < 1.29 is 9.59 Å². The standard InChI is InChI=1S/C21H29N3O2S/c1-15-13-17(16(2)24(15)21(3,4)5)18(25)14-22-8-10-23(11-9-22)20(26)19-7-6-12-27-19/h6-7,12-13H,8-11,14H2,1-5H3. The van der Waals surface area contributed by atoms with Crippen LogP contribution in [0.3, 0.4) is 0 Å². The lowest BCUT2D eigenvalue weighted by atomic mass is 10.1. The van der Waals surface area contributed by atoms with Gasteiger partial charge >= 0.3 is 0 Å². The van der Waals surface area contributed by atoms with Gasteiger partial charge in [0, 0.05) is 48.7 Å². The molecule has 2 aromatic heterocycles. The highest BCUT2D eigenvalue weighted by molar-refractivity contribution is 7.12. The lowest BCUT2D eigenvalue weighted by Crippen LogP contribution is -2.49. The van der Waals surface area contributed by atoms with Crippen molar-refractivity contribution in [1.82, 2.24) is 14.4 Å². The van der Waals surface area contributed by atoms with E-state index in [0.717, 1.165) is 34.9 Å². The number of amides is 1. The number of thiophene rings is 1. The van der Waals surface area contributed by atoms with E-state index in [1.807, 2.05) is 35.4 Å². The third-order valence-corrected chi connectivity index (χ3v) is 6.02. The molecule has 1 aliphatic heterocycles. The summed E-state index contributed by atoms with van der Waals surface area (Å²) in [6, 6.07) is 5.79. The highest BCUT2D eigenvalue weighted by Gasteiger charge is 2.26. The summed E-state index contributed by atoms with van der Waals surface area (Å²) in [6.07, 6.45) is 0. The molecule has 27 heavy (non-hydrogen) atoms. The lowest BCUT2D eigenvalue weighted by Gasteiger charge is -2.34. The van der Waals surface area contributed by atoms with Crippen molar-refractivity contribution in [2.24, 2.45) is 0 Å². The SMILES string of the molecule is Cc1cc(C(=O)CN2CCN(C(=O)c3cccs3)CC2)c(C)n1C(C)(C)C. The van der Waals surface area contributed by atoms with Gasteiger partial charge in [0.15, 0.2) is 5.78 Å². The second-order valence-electron chi connectivity index (χ2n) is 8.26. The van der Waals surface area contributed by atoms with Gasteiger partial charge in [0.25, 0.3) is 5.91 Å². The molecule has 0 unspecified atom stereocenters. The molecule has 3 heterocycles. The molecule has 1 saturated heterocycles. The first kappa shape index (κ1) is 19.8. The Bertz CT molecular complexity index is 822. The van der Waals surface area contributed by atoms with Gasteiger partial charge in [-0.1, -0.05) is 6.07 Å². The Hall–Kier alpha value is -1.92. The molecule has 1 fully saturated rings. The van der Waals surface area contributed by atoms with Crippen LogP contribution in [0.1, 0.15) is 52.2 Å². The first-order chi connectivity index (χ1) is 12.7. The van der Waals surface area contributed by atoms with Crippen molar-refractivity contribution in [2.75, 3.05) is 32.7 Å². The van der Waals surface area contributed by atoms with Gasteiger partial charge in [-0.05, 0) is 52.1 Å². The summed E-state index contributed by atoms with van der Waals surface area (Å²) in [5.74, 6) is 0.265. The van der Waals surface area contributed by atoms with Gasteiger partial charge in [0.1, 0.15) is 0 Å². The second kappa shape index (κ2) is 7.60. The zero-order chi connectivity index (χ0) is 19.8. The van der Waals surface area contributed by atoms with Crippen LogP contribution in [-0.4, -0.2) is 58.8 Å². The first-order valence-electron chi connectivity index (χ1n) is 9.46. The van der Waals surface area contributed by atoms with E-state index in [4.69, 9.17) is 0 Å². The van der Waals surface area contributed by atoms with E-state index in [0.29, 0.717) is 19.6 Å². The molecule has 0 bridgehead atoms. The third-order valence-electron chi connectivity index (χ3n) is 5.16. The molecule has 0 radical (unpaired) electrons. The van der Waals surface area contributed by atoms with E-state index < -0.39 is 0 Å². The molecule has 0 N–H and O–H groups in total. The van der Waals surface area contributed by atoms with E-state index in [1.165, 1.54) is 11.3 Å². The van der Waals surface area contributed by atoms with Crippen molar-refractivity contribution >= 4 is 23.0 Å². The average molecular weight is 388 g/mol. The topological polar surface area (TPSA) is 45.6 Å². The van der Waals surface area contributed by atoms with Crippen molar-refractivity contribution in [3.63, 3.8) is 0 Å². The Labute approximate surface area is 165 Å². The fourth-order valence-corrected chi connectivity index (χ4v) is 4.72. The summed E-state index contributed by atoms with van der Waals surface area (Å²) < 4.78 is 2.23. The molecular formula is C21H29N3O2S. The molecule has 0 aromatic carbocycles. The Morgan fingerprint density at radius 3 is 2.30 bits per heavy atom. The minimum atomic E-state index is -0.0412. The molecule has 0 aliphatic carbocycles. The van der Waals surface area contributed by atoms with E-state index in [2.05, 4.69) is 37.2 Å². The van der Waals surface area contributed by atoms with Gasteiger partial charge in [-0.3, -0.25) is 14.5 Å². The summed E-state index contributed by atoms with van der Waals surface area (Å²) in [6.45, 7) is 13.8. The molecule has 1 amide bonds. The average Bonchev–Trinajstić information content (AvgIpc) is 3.22. The number of nitrogens with zero attached hydrogens (tertiary/aromatic N) is 3. The summed E-state index contributed by atoms with van der Waals surface area (Å²) >= 11 is 1.48. The fourth-order valence-electron chi connectivity index (χ4n) is 4.03. The molecule has 1 aliphatic rings. The molecule has 5 nitrogen and oxygen atoms in total. The number of hydrogen-bond donors (Lipinski definition) is 0. The molecule has 2 aromatic rings. The van der Waals surface area contributed by atoms with Crippen molar-refractivity contribution in [3.05, 3.63) is 45.4 Å². The van der Waals surface area contributed by atoms with Crippen LogP contribution in [0.5, 0.6) is 0 Å². The van der Waals surface area contributed by atoms with Crippen LogP contribution in [0.4, 0.5) is 0 Å². The summed E-state index contributed by atoms with van der Waals surface area (Å²) in [5.41, 5.74) is 2.94.